The monoisotopic (exact) mass is 334 g/mol. The zero-order valence-corrected chi connectivity index (χ0v) is 12.6. The van der Waals surface area contributed by atoms with Crippen molar-refractivity contribution < 1.29 is 9.53 Å². The number of anilines is 1. The Balaban J connectivity index is 2.20. The highest BCUT2D eigenvalue weighted by Gasteiger charge is 2.17. The van der Waals surface area contributed by atoms with Crippen LogP contribution in [-0.2, 0) is 4.79 Å². The van der Waals surface area contributed by atoms with Crippen molar-refractivity contribution in [1.82, 2.24) is 0 Å². The van der Waals surface area contributed by atoms with Crippen molar-refractivity contribution in [3.05, 3.63) is 58.6 Å². The van der Waals surface area contributed by atoms with Crippen molar-refractivity contribution in [2.75, 3.05) is 12.4 Å². The number of hydrogen-bond donors (Lipinski definition) is 2. The molecule has 1 unspecified atom stereocenters. The molecule has 1 atom stereocenters. The van der Waals surface area contributed by atoms with Gasteiger partial charge in [-0.25, -0.2) is 0 Å². The molecule has 0 aliphatic rings. The van der Waals surface area contributed by atoms with Crippen LogP contribution in [0.2, 0.25) is 0 Å². The van der Waals surface area contributed by atoms with Crippen LogP contribution in [0.5, 0.6) is 5.75 Å². The first kappa shape index (κ1) is 14.4. The van der Waals surface area contributed by atoms with E-state index in [1.165, 1.54) is 0 Å². The molecule has 0 fully saturated rings. The largest absolute Gasteiger partial charge is 0.497 e. The lowest BCUT2D eigenvalue weighted by Crippen LogP contribution is -2.27. The number of ether oxygens (including phenoxy) is 1. The number of methoxy groups -OCH3 is 1. The van der Waals surface area contributed by atoms with Gasteiger partial charge in [-0.1, -0.05) is 28.1 Å². The minimum atomic E-state index is -0.573. The Morgan fingerprint density at radius 3 is 2.25 bits per heavy atom. The van der Waals surface area contributed by atoms with Crippen LogP contribution in [0.25, 0.3) is 0 Å². The van der Waals surface area contributed by atoms with Crippen LogP contribution in [0.3, 0.4) is 0 Å². The Hall–Kier alpha value is -2.01. The molecule has 3 N–H and O–H groups in total. The number of primary amides is 1. The quantitative estimate of drug-likeness (QED) is 0.883. The Morgan fingerprint density at radius 1 is 1.15 bits per heavy atom. The summed E-state index contributed by atoms with van der Waals surface area (Å²) in [6, 6.07) is 14.2. The molecule has 104 valence electrons. The van der Waals surface area contributed by atoms with Crippen LogP contribution >= 0.6 is 15.9 Å². The molecule has 0 aromatic heterocycles. The fourth-order valence-corrected chi connectivity index (χ4v) is 2.09. The minimum absolute atomic E-state index is 0.428. The summed E-state index contributed by atoms with van der Waals surface area (Å²) in [6.45, 7) is 0. The molecule has 2 aromatic rings. The summed E-state index contributed by atoms with van der Waals surface area (Å²) >= 11 is 3.36. The molecule has 0 saturated carbocycles. The number of amides is 1. The molecule has 0 aliphatic carbocycles. The van der Waals surface area contributed by atoms with E-state index in [-0.39, 0.29) is 0 Å². The Bertz CT molecular complexity index is 582. The number of nitrogens with two attached hydrogens (primary N) is 1. The van der Waals surface area contributed by atoms with Gasteiger partial charge in [0.2, 0.25) is 5.91 Å². The van der Waals surface area contributed by atoms with Crippen molar-refractivity contribution in [2.45, 2.75) is 6.04 Å². The van der Waals surface area contributed by atoms with Crippen LogP contribution in [-0.4, -0.2) is 13.0 Å². The first-order valence-electron chi connectivity index (χ1n) is 6.05. The molecule has 2 rings (SSSR count). The maximum atomic E-state index is 11.6. The molecule has 0 bridgehead atoms. The molecule has 0 radical (unpaired) electrons. The number of carbonyl (C=O) groups excluding carboxylic acids is 1. The van der Waals surface area contributed by atoms with Gasteiger partial charge in [0.25, 0.3) is 0 Å². The highest BCUT2D eigenvalue weighted by atomic mass is 79.9. The number of nitrogens with one attached hydrogen (secondary N) is 1. The second-order valence-corrected chi connectivity index (χ2v) is 5.18. The van der Waals surface area contributed by atoms with Crippen molar-refractivity contribution in [3.63, 3.8) is 0 Å². The van der Waals surface area contributed by atoms with Crippen LogP contribution < -0.4 is 15.8 Å². The molecule has 20 heavy (non-hydrogen) atoms. The summed E-state index contributed by atoms with van der Waals surface area (Å²) in [5.74, 6) is 0.331. The SMILES string of the molecule is COc1ccc(NC(C(N)=O)c2ccc(Br)cc2)cc1. The van der Waals surface area contributed by atoms with Gasteiger partial charge in [-0.3, -0.25) is 4.79 Å². The molecule has 0 spiro atoms. The second kappa shape index (κ2) is 6.43. The van der Waals surface area contributed by atoms with Gasteiger partial charge in [0.05, 0.1) is 7.11 Å². The third-order valence-corrected chi connectivity index (χ3v) is 3.42. The van der Waals surface area contributed by atoms with Gasteiger partial charge in [0, 0.05) is 10.2 Å². The fraction of sp³-hybridized carbons (Fsp3) is 0.133. The Kier molecular flexibility index (Phi) is 4.63. The summed E-state index contributed by atoms with van der Waals surface area (Å²) in [4.78, 5) is 11.6. The Morgan fingerprint density at radius 2 is 1.75 bits per heavy atom. The van der Waals surface area contributed by atoms with Gasteiger partial charge < -0.3 is 15.8 Å². The summed E-state index contributed by atoms with van der Waals surface area (Å²) in [6.07, 6.45) is 0. The van der Waals surface area contributed by atoms with E-state index >= 15 is 0 Å². The van der Waals surface area contributed by atoms with E-state index < -0.39 is 11.9 Å². The predicted molar refractivity (Wildman–Crippen MR) is 82.7 cm³/mol. The normalized spacial score (nSPS) is 11.7. The number of hydrogen-bond acceptors (Lipinski definition) is 3. The highest BCUT2D eigenvalue weighted by Crippen LogP contribution is 2.23. The number of rotatable bonds is 5. The molecule has 5 heteroatoms. The molecular formula is C15H15BrN2O2. The molecule has 1 amide bonds. The van der Waals surface area contributed by atoms with Gasteiger partial charge in [-0.2, -0.15) is 0 Å². The van der Waals surface area contributed by atoms with Gasteiger partial charge in [-0.05, 0) is 42.0 Å². The first-order valence-corrected chi connectivity index (χ1v) is 6.85. The third-order valence-electron chi connectivity index (χ3n) is 2.89. The third kappa shape index (κ3) is 3.51. The van der Waals surface area contributed by atoms with Crippen LogP contribution in [0.15, 0.2) is 53.0 Å². The summed E-state index contributed by atoms with van der Waals surface area (Å²) in [5, 5.41) is 3.12. The van der Waals surface area contributed by atoms with Crippen molar-refractivity contribution in [3.8, 4) is 5.75 Å². The van der Waals surface area contributed by atoms with Crippen LogP contribution in [0.4, 0.5) is 5.69 Å². The molecule has 0 saturated heterocycles. The zero-order chi connectivity index (χ0) is 14.5. The number of halogens is 1. The summed E-state index contributed by atoms with van der Waals surface area (Å²) in [7, 11) is 1.61. The van der Waals surface area contributed by atoms with Gasteiger partial charge in [-0.15, -0.1) is 0 Å². The average Bonchev–Trinajstić information content (AvgIpc) is 2.46. The smallest absolute Gasteiger partial charge is 0.244 e. The lowest BCUT2D eigenvalue weighted by Gasteiger charge is -2.17. The maximum Gasteiger partial charge on any atom is 0.244 e. The van der Waals surface area contributed by atoms with Crippen molar-refractivity contribution in [2.24, 2.45) is 5.73 Å². The highest BCUT2D eigenvalue weighted by molar-refractivity contribution is 9.10. The van der Waals surface area contributed by atoms with E-state index in [0.29, 0.717) is 0 Å². The van der Waals surface area contributed by atoms with E-state index in [9.17, 15) is 4.79 Å². The van der Waals surface area contributed by atoms with Gasteiger partial charge >= 0.3 is 0 Å². The summed E-state index contributed by atoms with van der Waals surface area (Å²) < 4.78 is 6.05. The number of carbonyl (C=O) groups is 1. The van der Waals surface area contributed by atoms with E-state index in [2.05, 4.69) is 21.2 Å². The first-order chi connectivity index (χ1) is 9.60. The molecule has 4 nitrogen and oxygen atoms in total. The molecule has 2 aromatic carbocycles. The van der Waals surface area contributed by atoms with Gasteiger partial charge in [0.15, 0.2) is 0 Å². The Labute approximate surface area is 126 Å². The van der Waals surface area contributed by atoms with Crippen molar-refractivity contribution >= 4 is 27.5 Å². The maximum absolute atomic E-state index is 11.6. The minimum Gasteiger partial charge on any atom is -0.497 e. The van der Waals surface area contributed by atoms with E-state index in [0.717, 1.165) is 21.5 Å². The second-order valence-electron chi connectivity index (χ2n) is 4.26. The zero-order valence-electron chi connectivity index (χ0n) is 11.0. The van der Waals surface area contributed by atoms with Crippen molar-refractivity contribution in [1.29, 1.82) is 0 Å². The fourth-order valence-electron chi connectivity index (χ4n) is 1.83. The number of benzene rings is 2. The average molecular weight is 335 g/mol. The van der Waals surface area contributed by atoms with Gasteiger partial charge in [0.1, 0.15) is 11.8 Å². The van der Waals surface area contributed by atoms with E-state index in [4.69, 9.17) is 10.5 Å². The predicted octanol–water partition coefficient (Wildman–Crippen LogP) is 3.10. The molecule has 0 heterocycles. The van der Waals surface area contributed by atoms with E-state index in [1.807, 2.05) is 48.5 Å². The molecule has 0 aliphatic heterocycles. The summed E-state index contributed by atoms with van der Waals surface area (Å²) in [5.41, 5.74) is 7.09. The van der Waals surface area contributed by atoms with Crippen LogP contribution in [0, 0.1) is 0 Å². The lowest BCUT2D eigenvalue weighted by molar-refractivity contribution is -0.118. The molecular weight excluding hydrogens is 320 g/mol. The standard InChI is InChI=1S/C15H15BrN2O2/c1-20-13-8-6-12(7-9-13)18-14(15(17)19)10-2-4-11(16)5-3-10/h2-9,14,18H,1H3,(H2,17,19). The lowest BCUT2D eigenvalue weighted by atomic mass is 10.1. The topological polar surface area (TPSA) is 64.3 Å². The van der Waals surface area contributed by atoms with Crippen LogP contribution in [0.1, 0.15) is 11.6 Å². The van der Waals surface area contributed by atoms with E-state index in [1.54, 1.807) is 7.11 Å².